The molecule has 0 bridgehead atoms. The topological polar surface area (TPSA) is 92.4 Å². The second-order valence-electron chi connectivity index (χ2n) is 7.31. The van der Waals surface area contributed by atoms with E-state index in [1.807, 2.05) is 0 Å². The van der Waals surface area contributed by atoms with E-state index in [0.29, 0.717) is 12.8 Å². The normalized spacial score (nSPS) is 17.9. The van der Waals surface area contributed by atoms with Crippen LogP contribution in [0.5, 0.6) is 0 Å². The lowest BCUT2D eigenvalue weighted by Gasteiger charge is -2.36. The first-order valence-electron chi connectivity index (χ1n) is 9.03. The first-order chi connectivity index (χ1) is 12.6. The van der Waals surface area contributed by atoms with Gasteiger partial charge >= 0.3 is 12.1 Å². The molecule has 1 amide bonds. The van der Waals surface area contributed by atoms with E-state index in [1.165, 1.54) is 18.2 Å². The summed E-state index contributed by atoms with van der Waals surface area (Å²) < 4.78 is 39.2. The molecule has 0 spiro atoms. The number of nitrogens with two attached hydrogens (primary N) is 1. The molecule has 150 valence electrons. The van der Waals surface area contributed by atoms with E-state index in [4.69, 9.17) is 10.8 Å². The third kappa shape index (κ3) is 5.95. The van der Waals surface area contributed by atoms with E-state index >= 15 is 0 Å². The Morgan fingerprint density at radius 2 is 1.81 bits per heavy atom. The van der Waals surface area contributed by atoms with Crippen LogP contribution < -0.4 is 11.1 Å². The zero-order valence-corrected chi connectivity index (χ0v) is 15.0. The first-order valence-corrected chi connectivity index (χ1v) is 9.03. The molecule has 8 heteroatoms. The number of hydrogen-bond acceptors (Lipinski definition) is 3. The molecule has 1 aliphatic carbocycles. The summed E-state index contributed by atoms with van der Waals surface area (Å²) in [7, 11) is 0. The van der Waals surface area contributed by atoms with Gasteiger partial charge in [0.1, 0.15) is 0 Å². The first kappa shape index (κ1) is 21.2. The Kier molecular flexibility index (Phi) is 6.86. The molecule has 0 aliphatic heterocycles. The zero-order chi connectivity index (χ0) is 20.1. The number of carboxylic acid groups (broad SMARTS) is 1. The van der Waals surface area contributed by atoms with Crippen molar-refractivity contribution in [2.24, 2.45) is 11.1 Å². The number of aliphatic carboxylic acids is 1. The van der Waals surface area contributed by atoms with Crippen molar-refractivity contribution in [3.63, 3.8) is 0 Å². The Labute approximate surface area is 156 Å². The van der Waals surface area contributed by atoms with Crippen LogP contribution in [0.4, 0.5) is 13.2 Å². The molecule has 4 N–H and O–H groups in total. The van der Waals surface area contributed by atoms with Gasteiger partial charge in [-0.3, -0.25) is 9.59 Å². The summed E-state index contributed by atoms with van der Waals surface area (Å²) in [5.74, 6) is -1.49. The van der Waals surface area contributed by atoms with E-state index in [2.05, 4.69) is 5.32 Å². The minimum atomic E-state index is -4.51. The fourth-order valence-electron chi connectivity index (χ4n) is 3.75. The predicted molar refractivity (Wildman–Crippen MR) is 93.9 cm³/mol. The lowest BCUT2D eigenvalue weighted by atomic mass is 9.71. The molecule has 5 nitrogen and oxygen atoms in total. The standard InChI is InChI=1S/C19H25F3N2O3/c20-19(21,22)14-7-3-2-6-13(14)10-15(23)17(27)24-12-18(11-16(25)26)8-4-1-5-9-18/h2-3,6-7,15H,1,4-5,8-12,23H2,(H,24,27)(H,25,26)/t15-/m1/s1. The Bertz CT molecular complexity index is 670. The number of benzene rings is 1. The number of carbonyl (C=O) groups is 2. The van der Waals surface area contributed by atoms with E-state index < -0.39 is 35.1 Å². The lowest BCUT2D eigenvalue weighted by Crippen LogP contribution is -2.47. The van der Waals surface area contributed by atoms with Crippen molar-refractivity contribution in [2.75, 3.05) is 6.54 Å². The fraction of sp³-hybridized carbons (Fsp3) is 0.579. The molecule has 1 aliphatic rings. The lowest BCUT2D eigenvalue weighted by molar-refractivity contribution is -0.141. The van der Waals surface area contributed by atoms with Crippen molar-refractivity contribution < 1.29 is 27.9 Å². The highest BCUT2D eigenvalue weighted by Gasteiger charge is 2.36. The van der Waals surface area contributed by atoms with Gasteiger partial charge in [-0.1, -0.05) is 37.5 Å². The molecule has 1 aromatic rings. The van der Waals surface area contributed by atoms with Gasteiger partial charge in [0.05, 0.1) is 18.0 Å². The minimum absolute atomic E-state index is 0.0365. The van der Waals surface area contributed by atoms with Gasteiger partial charge < -0.3 is 16.2 Å². The van der Waals surface area contributed by atoms with E-state index in [0.717, 1.165) is 25.3 Å². The van der Waals surface area contributed by atoms with Crippen LogP contribution in [-0.2, 0) is 22.2 Å². The number of carboxylic acids is 1. The number of halogens is 3. The highest BCUT2D eigenvalue weighted by molar-refractivity contribution is 5.82. The van der Waals surface area contributed by atoms with Crippen molar-refractivity contribution in [3.05, 3.63) is 35.4 Å². The molecule has 2 rings (SSSR count). The van der Waals surface area contributed by atoms with Gasteiger partial charge in [0.2, 0.25) is 5.91 Å². The zero-order valence-electron chi connectivity index (χ0n) is 15.0. The molecule has 1 fully saturated rings. The molecular weight excluding hydrogens is 361 g/mol. The summed E-state index contributed by atoms with van der Waals surface area (Å²) in [5.41, 5.74) is 4.48. The van der Waals surface area contributed by atoms with Crippen LogP contribution in [0.3, 0.4) is 0 Å². The smallest absolute Gasteiger partial charge is 0.416 e. The van der Waals surface area contributed by atoms with E-state index in [1.54, 1.807) is 0 Å². The van der Waals surface area contributed by atoms with E-state index in [-0.39, 0.29) is 24.9 Å². The summed E-state index contributed by atoms with van der Waals surface area (Å²) in [6.07, 6.45) is -0.573. The van der Waals surface area contributed by atoms with Gasteiger partial charge in [-0.05, 0) is 36.3 Å². The summed E-state index contributed by atoms with van der Waals surface area (Å²) in [5, 5.41) is 11.8. The Morgan fingerprint density at radius 1 is 1.19 bits per heavy atom. The van der Waals surface area contributed by atoms with Gasteiger partial charge in [-0.2, -0.15) is 13.2 Å². The molecule has 1 atom stereocenters. The average Bonchev–Trinajstić information content (AvgIpc) is 2.59. The molecule has 1 saturated carbocycles. The van der Waals surface area contributed by atoms with Crippen LogP contribution in [0, 0.1) is 5.41 Å². The van der Waals surface area contributed by atoms with Crippen LogP contribution in [-0.4, -0.2) is 29.6 Å². The van der Waals surface area contributed by atoms with Crippen LogP contribution in [0.25, 0.3) is 0 Å². The maximum atomic E-state index is 13.1. The number of alkyl halides is 3. The average molecular weight is 386 g/mol. The fourth-order valence-corrected chi connectivity index (χ4v) is 3.75. The largest absolute Gasteiger partial charge is 0.481 e. The van der Waals surface area contributed by atoms with Crippen LogP contribution >= 0.6 is 0 Å². The summed E-state index contributed by atoms with van der Waals surface area (Å²) in [6, 6.07) is 3.89. The van der Waals surface area contributed by atoms with Gasteiger partial charge in [-0.15, -0.1) is 0 Å². The number of hydrogen-bond donors (Lipinski definition) is 3. The highest BCUT2D eigenvalue weighted by Crippen LogP contribution is 2.39. The van der Waals surface area contributed by atoms with E-state index in [9.17, 15) is 22.8 Å². The summed E-state index contributed by atoms with van der Waals surface area (Å²) in [4.78, 5) is 23.5. The van der Waals surface area contributed by atoms with Crippen LogP contribution in [0.15, 0.2) is 24.3 Å². The van der Waals surface area contributed by atoms with Crippen molar-refractivity contribution >= 4 is 11.9 Å². The molecule has 0 heterocycles. The molecule has 0 radical (unpaired) electrons. The maximum Gasteiger partial charge on any atom is 0.416 e. The van der Waals surface area contributed by atoms with Gasteiger partial charge in [0, 0.05) is 6.54 Å². The summed E-state index contributed by atoms with van der Waals surface area (Å²) in [6.45, 7) is 0.173. The van der Waals surface area contributed by atoms with Gasteiger partial charge in [0.15, 0.2) is 0 Å². The minimum Gasteiger partial charge on any atom is -0.481 e. The molecule has 0 unspecified atom stereocenters. The van der Waals surface area contributed by atoms with Gasteiger partial charge in [0.25, 0.3) is 0 Å². The summed E-state index contributed by atoms with van der Waals surface area (Å²) >= 11 is 0. The van der Waals surface area contributed by atoms with Gasteiger partial charge in [-0.25, -0.2) is 0 Å². The molecular formula is C19H25F3N2O3. The third-order valence-corrected chi connectivity index (χ3v) is 5.18. The van der Waals surface area contributed by atoms with Crippen molar-refractivity contribution in [1.29, 1.82) is 0 Å². The monoisotopic (exact) mass is 386 g/mol. The highest BCUT2D eigenvalue weighted by atomic mass is 19.4. The number of carbonyl (C=O) groups excluding carboxylic acids is 1. The maximum absolute atomic E-state index is 13.1. The SMILES string of the molecule is N[C@H](Cc1ccccc1C(F)(F)F)C(=O)NCC1(CC(=O)O)CCCCC1. The third-order valence-electron chi connectivity index (χ3n) is 5.18. The second kappa shape index (κ2) is 8.73. The Morgan fingerprint density at radius 3 is 2.41 bits per heavy atom. The number of amides is 1. The van der Waals surface area contributed by atoms with Crippen molar-refractivity contribution in [1.82, 2.24) is 5.32 Å². The van der Waals surface area contributed by atoms with Crippen LogP contribution in [0.1, 0.15) is 49.7 Å². The molecule has 27 heavy (non-hydrogen) atoms. The number of rotatable bonds is 7. The van der Waals surface area contributed by atoms with Crippen molar-refractivity contribution in [3.8, 4) is 0 Å². The quantitative estimate of drug-likeness (QED) is 0.671. The Balaban J connectivity index is 2.00. The van der Waals surface area contributed by atoms with Crippen LogP contribution in [0.2, 0.25) is 0 Å². The molecule has 0 saturated heterocycles. The molecule has 1 aromatic carbocycles. The Hall–Kier alpha value is -2.09. The van der Waals surface area contributed by atoms with Crippen molar-refractivity contribution in [2.45, 2.75) is 57.2 Å². The number of nitrogens with one attached hydrogen (secondary N) is 1. The molecule has 0 aromatic heterocycles. The second-order valence-corrected chi connectivity index (χ2v) is 7.31. The predicted octanol–water partition coefficient (Wildman–Crippen LogP) is 3.12.